The third kappa shape index (κ3) is 5.31. The number of hydroxylamine groups is 1. The summed E-state index contributed by atoms with van der Waals surface area (Å²) in [4.78, 5) is 19.8. The average Bonchev–Trinajstić information content (AvgIpc) is 3.36. The first-order valence-electron chi connectivity index (χ1n) is 10.8. The Bertz CT molecular complexity index is 924. The molecular formula is C22H30ClN5O3. The molecule has 3 heterocycles. The third-order valence-electron chi connectivity index (χ3n) is 5.59. The van der Waals surface area contributed by atoms with E-state index in [4.69, 9.17) is 30.6 Å². The maximum absolute atomic E-state index is 6.59. The lowest BCUT2D eigenvalue weighted by molar-refractivity contribution is -0.0875. The molecule has 2 aliphatic heterocycles. The maximum Gasteiger partial charge on any atom is 0.222 e. The van der Waals surface area contributed by atoms with Crippen molar-refractivity contribution in [2.24, 2.45) is 4.99 Å². The van der Waals surface area contributed by atoms with Crippen molar-refractivity contribution < 1.29 is 14.0 Å². The summed E-state index contributed by atoms with van der Waals surface area (Å²) >= 11 is 6.59. The van der Waals surface area contributed by atoms with Crippen molar-refractivity contribution >= 4 is 17.6 Å². The summed E-state index contributed by atoms with van der Waals surface area (Å²) in [5.74, 6) is 2.10. The summed E-state index contributed by atoms with van der Waals surface area (Å²) in [6, 6.07) is 5.81. The number of hydrogen-bond acceptors (Lipinski definition) is 8. The monoisotopic (exact) mass is 447 g/mol. The minimum absolute atomic E-state index is 0.512. The molecule has 2 aromatic rings. The average molecular weight is 448 g/mol. The van der Waals surface area contributed by atoms with Gasteiger partial charge in [0.25, 0.3) is 0 Å². The van der Waals surface area contributed by atoms with Gasteiger partial charge in [-0.1, -0.05) is 24.6 Å². The third-order valence-corrected chi connectivity index (χ3v) is 5.94. The number of benzene rings is 1. The van der Waals surface area contributed by atoms with Crippen LogP contribution in [0.1, 0.15) is 43.3 Å². The van der Waals surface area contributed by atoms with Crippen LogP contribution in [-0.2, 0) is 17.9 Å². The van der Waals surface area contributed by atoms with Gasteiger partial charge in [-0.15, -0.1) is 0 Å². The number of aromatic nitrogens is 1. The van der Waals surface area contributed by atoms with Crippen LogP contribution in [0.5, 0.6) is 5.75 Å². The van der Waals surface area contributed by atoms with E-state index in [-0.39, 0.29) is 0 Å². The summed E-state index contributed by atoms with van der Waals surface area (Å²) in [7, 11) is 2.12. The number of aryl methyl sites for hydroxylation is 1. The lowest BCUT2D eigenvalue weighted by atomic mass is 10.0. The second kappa shape index (κ2) is 9.46. The topological polar surface area (TPSA) is 75.4 Å². The number of guanidine groups is 1. The van der Waals surface area contributed by atoms with E-state index in [0.717, 1.165) is 49.4 Å². The normalized spacial score (nSPS) is 18.1. The van der Waals surface area contributed by atoms with Crippen LogP contribution in [0.4, 0.5) is 0 Å². The van der Waals surface area contributed by atoms with Gasteiger partial charge in [-0.3, -0.25) is 0 Å². The Balaban J connectivity index is 1.55. The van der Waals surface area contributed by atoms with Crippen LogP contribution < -0.4 is 10.2 Å². The second-order valence-corrected chi connectivity index (χ2v) is 8.61. The zero-order valence-corrected chi connectivity index (χ0v) is 19.1. The summed E-state index contributed by atoms with van der Waals surface area (Å²) in [5, 5.41) is 0.656. The Morgan fingerprint density at radius 1 is 1.29 bits per heavy atom. The fourth-order valence-corrected chi connectivity index (χ4v) is 3.98. The van der Waals surface area contributed by atoms with Gasteiger partial charge in [-0.2, -0.15) is 0 Å². The van der Waals surface area contributed by atoms with Crippen LogP contribution in [0.25, 0.3) is 0 Å². The highest BCUT2D eigenvalue weighted by Gasteiger charge is 2.40. The second-order valence-electron chi connectivity index (χ2n) is 8.20. The van der Waals surface area contributed by atoms with Crippen LogP contribution in [0.15, 0.2) is 33.9 Å². The van der Waals surface area contributed by atoms with E-state index in [9.17, 15) is 0 Å². The van der Waals surface area contributed by atoms with Crippen LogP contribution in [0, 0.1) is 6.92 Å². The smallest absolute Gasteiger partial charge is 0.222 e. The lowest BCUT2D eigenvalue weighted by Crippen LogP contribution is -2.43. The Morgan fingerprint density at radius 3 is 2.77 bits per heavy atom. The number of aliphatic imine (C=N–C) groups is 1. The molecule has 1 aromatic carbocycles. The SMILES string of the molecule is CCCOc1ccc(CN(Cc2coc(C)n2)C2=NC3(CCN(C)CC3)ON2)c(Cl)c1. The number of nitrogens with one attached hydrogen (secondary N) is 1. The van der Waals surface area contributed by atoms with Crippen LogP contribution >= 0.6 is 11.6 Å². The molecule has 168 valence electrons. The Labute approximate surface area is 188 Å². The van der Waals surface area contributed by atoms with Crippen molar-refractivity contribution in [1.82, 2.24) is 20.3 Å². The Hall–Kier alpha value is -2.29. The van der Waals surface area contributed by atoms with Crippen LogP contribution in [0.2, 0.25) is 5.02 Å². The number of rotatable bonds is 7. The van der Waals surface area contributed by atoms with E-state index in [2.05, 4.69) is 34.2 Å². The molecule has 2 aliphatic rings. The maximum atomic E-state index is 6.59. The van der Waals surface area contributed by atoms with Gasteiger partial charge in [0, 0.05) is 44.4 Å². The quantitative estimate of drug-likeness (QED) is 0.692. The van der Waals surface area contributed by atoms with Crippen molar-refractivity contribution in [2.45, 2.75) is 51.9 Å². The first kappa shape index (κ1) is 21.9. The summed E-state index contributed by atoms with van der Waals surface area (Å²) in [6.07, 6.45) is 4.32. The van der Waals surface area contributed by atoms with E-state index in [1.807, 2.05) is 25.1 Å². The van der Waals surface area contributed by atoms with Crippen molar-refractivity contribution in [3.63, 3.8) is 0 Å². The first-order valence-corrected chi connectivity index (χ1v) is 11.1. The number of likely N-dealkylation sites (tertiary alicyclic amines) is 1. The predicted molar refractivity (Wildman–Crippen MR) is 119 cm³/mol. The van der Waals surface area contributed by atoms with Crippen molar-refractivity contribution in [2.75, 3.05) is 26.7 Å². The molecule has 0 radical (unpaired) electrons. The molecule has 8 nitrogen and oxygen atoms in total. The van der Waals surface area contributed by atoms with Gasteiger partial charge in [-0.25, -0.2) is 20.3 Å². The summed E-state index contributed by atoms with van der Waals surface area (Å²) in [6.45, 7) is 7.55. The predicted octanol–water partition coefficient (Wildman–Crippen LogP) is 3.74. The summed E-state index contributed by atoms with van der Waals surface area (Å²) < 4.78 is 11.1. The fourth-order valence-electron chi connectivity index (χ4n) is 3.75. The number of hydrogen-bond donors (Lipinski definition) is 1. The minimum atomic E-state index is -0.512. The standard InChI is InChI=1S/C22H30ClN5O3/c1-4-11-29-19-6-5-17(20(23)12-19)13-28(14-18-15-30-16(2)24-18)21-25-22(31-26-21)7-9-27(3)10-8-22/h5-6,12,15H,4,7-11,13-14H2,1-3H3,(H,25,26). The molecule has 4 rings (SSSR count). The minimum Gasteiger partial charge on any atom is -0.494 e. The molecule has 0 bridgehead atoms. The fraction of sp³-hybridized carbons (Fsp3) is 0.545. The molecule has 0 aliphatic carbocycles. The van der Waals surface area contributed by atoms with Gasteiger partial charge < -0.3 is 19.0 Å². The molecular weight excluding hydrogens is 418 g/mol. The molecule has 1 aromatic heterocycles. The number of ether oxygens (including phenoxy) is 1. The van der Waals surface area contributed by atoms with Gasteiger partial charge in [-0.05, 0) is 31.2 Å². The van der Waals surface area contributed by atoms with E-state index in [1.54, 1.807) is 6.26 Å². The van der Waals surface area contributed by atoms with Crippen LogP contribution in [-0.4, -0.2) is 53.2 Å². The molecule has 0 saturated carbocycles. The van der Waals surface area contributed by atoms with Crippen molar-refractivity contribution in [3.05, 3.63) is 46.6 Å². The molecule has 1 saturated heterocycles. The van der Waals surface area contributed by atoms with Crippen molar-refractivity contribution in [1.29, 1.82) is 0 Å². The lowest BCUT2D eigenvalue weighted by Gasteiger charge is -2.33. The summed E-state index contributed by atoms with van der Waals surface area (Å²) in [5.41, 5.74) is 4.35. The Kier molecular flexibility index (Phi) is 6.69. The Morgan fingerprint density at radius 2 is 2.10 bits per heavy atom. The van der Waals surface area contributed by atoms with E-state index < -0.39 is 5.72 Å². The van der Waals surface area contributed by atoms with E-state index in [0.29, 0.717) is 36.6 Å². The molecule has 9 heteroatoms. The highest BCUT2D eigenvalue weighted by Crippen LogP contribution is 2.31. The molecule has 1 N–H and O–H groups in total. The molecule has 1 spiro atoms. The van der Waals surface area contributed by atoms with Crippen LogP contribution in [0.3, 0.4) is 0 Å². The molecule has 0 unspecified atom stereocenters. The van der Waals surface area contributed by atoms with Gasteiger partial charge in [0.1, 0.15) is 12.0 Å². The van der Waals surface area contributed by atoms with Gasteiger partial charge in [0.2, 0.25) is 5.96 Å². The highest BCUT2D eigenvalue weighted by molar-refractivity contribution is 6.31. The number of piperidine rings is 1. The highest BCUT2D eigenvalue weighted by atomic mass is 35.5. The molecule has 0 atom stereocenters. The molecule has 31 heavy (non-hydrogen) atoms. The van der Waals surface area contributed by atoms with E-state index >= 15 is 0 Å². The van der Waals surface area contributed by atoms with Gasteiger partial charge in [0.15, 0.2) is 11.6 Å². The van der Waals surface area contributed by atoms with Crippen molar-refractivity contribution in [3.8, 4) is 5.75 Å². The van der Waals surface area contributed by atoms with Gasteiger partial charge in [0.05, 0.1) is 18.8 Å². The molecule has 1 fully saturated rings. The number of oxazole rings is 1. The largest absolute Gasteiger partial charge is 0.494 e. The number of halogens is 1. The number of nitrogens with zero attached hydrogens (tertiary/aromatic N) is 4. The zero-order valence-electron chi connectivity index (χ0n) is 18.4. The molecule has 0 amide bonds. The van der Waals surface area contributed by atoms with Gasteiger partial charge >= 0.3 is 0 Å². The first-order chi connectivity index (χ1) is 15.0. The van der Waals surface area contributed by atoms with E-state index in [1.165, 1.54) is 0 Å². The zero-order chi connectivity index (χ0) is 21.8.